The molecule has 9 nitrogen and oxygen atoms in total. The van der Waals surface area contributed by atoms with Gasteiger partial charge in [-0.1, -0.05) is 0 Å². The first-order chi connectivity index (χ1) is 16.2. The largest absolute Gasteiger partial charge is 0.474 e. The highest BCUT2D eigenvalue weighted by Crippen LogP contribution is 2.32. The molecule has 0 unspecified atom stereocenters. The van der Waals surface area contributed by atoms with Crippen molar-refractivity contribution in [3.05, 3.63) is 23.9 Å². The molecule has 34 heavy (non-hydrogen) atoms. The second-order valence-corrected chi connectivity index (χ2v) is 8.37. The first kappa shape index (κ1) is 24.0. The van der Waals surface area contributed by atoms with Crippen molar-refractivity contribution in [2.45, 2.75) is 38.5 Å². The molecule has 0 saturated carbocycles. The van der Waals surface area contributed by atoms with Gasteiger partial charge in [0.15, 0.2) is 0 Å². The Morgan fingerprint density at radius 2 is 1.88 bits per heavy atom. The Hall–Kier alpha value is -3.15. The summed E-state index contributed by atoms with van der Waals surface area (Å²) in [6.07, 6.45) is -3.19. The number of anilines is 2. The van der Waals surface area contributed by atoms with E-state index in [1.807, 2.05) is 4.90 Å². The Balaban J connectivity index is 1.67. The molecule has 0 aliphatic carbocycles. The van der Waals surface area contributed by atoms with E-state index in [0.717, 1.165) is 0 Å². The fraction of sp³-hybridized carbons (Fsp3) is 0.545. The van der Waals surface area contributed by atoms with E-state index in [1.165, 1.54) is 25.3 Å². The second kappa shape index (κ2) is 10.00. The number of hydrogen-bond donors (Lipinski definition) is 1. The van der Waals surface area contributed by atoms with Crippen LogP contribution in [0.3, 0.4) is 0 Å². The van der Waals surface area contributed by atoms with Gasteiger partial charge in [0.1, 0.15) is 11.9 Å². The summed E-state index contributed by atoms with van der Waals surface area (Å²) in [6, 6.07) is 2.76. The normalized spacial score (nSPS) is 17.6. The van der Waals surface area contributed by atoms with E-state index in [-0.39, 0.29) is 40.5 Å². The van der Waals surface area contributed by atoms with Gasteiger partial charge in [-0.2, -0.15) is 18.2 Å². The molecular weight excluding hydrogens is 453 g/mol. The molecule has 0 atom stereocenters. The summed E-state index contributed by atoms with van der Waals surface area (Å²) in [5, 5.41) is 0. The van der Waals surface area contributed by atoms with Gasteiger partial charge in [0.05, 0.1) is 25.3 Å². The quantitative estimate of drug-likeness (QED) is 0.696. The third-order valence-electron chi connectivity index (χ3n) is 5.84. The molecule has 2 saturated heterocycles. The summed E-state index contributed by atoms with van der Waals surface area (Å²) < 4.78 is 51.3. The summed E-state index contributed by atoms with van der Waals surface area (Å²) >= 11 is 0. The Labute approximate surface area is 195 Å². The third kappa shape index (κ3) is 6.04. The number of hydrogen-bond acceptors (Lipinski definition) is 8. The summed E-state index contributed by atoms with van der Waals surface area (Å²) in [4.78, 5) is 28.4. The van der Waals surface area contributed by atoms with Crippen LogP contribution < -0.4 is 15.4 Å². The maximum atomic E-state index is 13.2. The number of piperidine rings is 1. The molecule has 2 N–H and O–H groups in total. The van der Waals surface area contributed by atoms with Gasteiger partial charge in [-0.05, 0) is 11.6 Å². The second-order valence-electron chi connectivity index (χ2n) is 8.37. The van der Waals surface area contributed by atoms with E-state index in [4.69, 9.17) is 15.2 Å². The summed E-state index contributed by atoms with van der Waals surface area (Å²) in [6.45, 7) is 4.78. The minimum atomic E-state index is -4.42. The lowest BCUT2D eigenvalue weighted by molar-refractivity contribution is -0.130. The number of ether oxygens (including phenoxy) is 2. The molecule has 2 aromatic rings. The molecular formula is C22H27F3N6O3. The summed E-state index contributed by atoms with van der Waals surface area (Å²) in [7, 11) is 0. The molecule has 184 valence electrons. The number of pyridine rings is 1. The molecule has 4 heterocycles. The highest BCUT2D eigenvalue weighted by atomic mass is 19.4. The van der Waals surface area contributed by atoms with Crippen LogP contribution in [0.1, 0.15) is 25.3 Å². The van der Waals surface area contributed by atoms with Gasteiger partial charge in [-0.25, -0.2) is 9.97 Å². The predicted octanol–water partition coefficient (Wildman–Crippen LogP) is 2.45. The monoisotopic (exact) mass is 480 g/mol. The van der Waals surface area contributed by atoms with E-state index in [0.29, 0.717) is 58.2 Å². The zero-order valence-corrected chi connectivity index (χ0v) is 18.8. The average Bonchev–Trinajstić information content (AvgIpc) is 2.79. The van der Waals surface area contributed by atoms with Crippen LogP contribution in [-0.4, -0.2) is 77.4 Å². The van der Waals surface area contributed by atoms with Crippen LogP contribution in [-0.2, 0) is 16.0 Å². The number of nitrogens with two attached hydrogens (primary N) is 1. The number of amides is 1. The molecule has 2 aliphatic rings. The van der Waals surface area contributed by atoms with E-state index in [1.54, 1.807) is 4.90 Å². The van der Waals surface area contributed by atoms with Gasteiger partial charge >= 0.3 is 6.18 Å². The molecule has 2 aliphatic heterocycles. The number of carbonyl (C=O) groups is 1. The van der Waals surface area contributed by atoms with Crippen molar-refractivity contribution < 1.29 is 27.4 Å². The minimum absolute atomic E-state index is 0.000775. The van der Waals surface area contributed by atoms with Crippen LogP contribution in [0, 0.1) is 0 Å². The van der Waals surface area contributed by atoms with Gasteiger partial charge in [0.2, 0.25) is 17.7 Å². The molecule has 0 bridgehead atoms. The topological polar surface area (TPSA) is 107 Å². The smallest absolute Gasteiger partial charge is 0.393 e. The van der Waals surface area contributed by atoms with Gasteiger partial charge in [-0.3, -0.25) is 4.79 Å². The number of alkyl halides is 3. The predicted molar refractivity (Wildman–Crippen MR) is 118 cm³/mol. The van der Waals surface area contributed by atoms with Crippen LogP contribution in [0.25, 0.3) is 11.3 Å². The van der Waals surface area contributed by atoms with E-state index in [9.17, 15) is 18.0 Å². The lowest BCUT2D eigenvalue weighted by Gasteiger charge is -2.31. The number of nitrogen functional groups attached to an aromatic ring is 1. The fourth-order valence-electron chi connectivity index (χ4n) is 4.08. The Bertz CT molecular complexity index is 1020. The number of aromatic nitrogens is 3. The van der Waals surface area contributed by atoms with Crippen molar-refractivity contribution in [1.82, 2.24) is 19.9 Å². The number of likely N-dealkylation sites (tertiary alicyclic amines) is 1. The zero-order chi connectivity index (χ0) is 24.3. The van der Waals surface area contributed by atoms with E-state index < -0.39 is 12.6 Å². The SMILES string of the molecule is CC(=O)N1CCC(Oc2cc(-c3cnc(N)cc3CC(F)(F)F)nc(N3CCOCC3)n2)CC1. The fourth-order valence-corrected chi connectivity index (χ4v) is 4.08. The van der Waals surface area contributed by atoms with Crippen LogP contribution >= 0.6 is 0 Å². The highest BCUT2D eigenvalue weighted by Gasteiger charge is 2.30. The lowest BCUT2D eigenvalue weighted by atomic mass is 10.0. The molecule has 0 radical (unpaired) electrons. The minimum Gasteiger partial charge on any atom is -0.474 e. The van der Waals surface area contributed by atoms with Crippen molar-refractivity contribution >= 4 is 17.7 Å². The van der Waals surface area contributed by atoms with Crippen molar-refractivity contribution in [2.75, 3.05) is 50.0 Å². The summed E-state index contributed by atoms with van der Waals surface area (Å²) in [5.74, 6) is 0.638. The molecule has 0 aromatic carbocycles. The molecule has 4 rings (SSSR count). The maximum absolute atomic E-state index is 13.2. The van der Waals surface area contributed by atoms with E-state index >= 15 is 0 Å². The number of nitrogens with zero attached hydrogens (tertiary/aromatic N) is 5. The van der Waals surface area contributed by atoms with Crippen molar-refractivity contribution in [2.24, 2.45) is 0 Å². The third-order valence-corrected chi connectivity index (χ3v) is 5.84. The van der Waals surface area contributed by atoms with Gasteiger partial charge in [0.25, 0.3) is 0 Å². The number of rotatable bonds is 5. The standard InChI is InChI=1S/C22H27F3N6O3/c1-14(32)30-4-2-16(3-5-30)34-20-11-18(28-21(29-20)31-6-8-33-9-7-31)17-13-27-19(26)10-15(17)12-22(23,24)25/h10-11,13,16H,2-9,12H2,1H3,(H2,26,27). The van der Waals surface area contributed by atoms with Crippen molar-refractivity contribution in [3.8, 4) is 17.1 Å². The van der Waals surface area contributed by atoms with Crippen LogP contribution in [0.15, 0.2) is 18.3 Å². The van der Waals surface area contributed by atoms with Gasteiger partial charge in [0, 0.05) is 63.8 Å². The van der Waals surface area contributed by atoms with Gasteiger partial charge in [-0.15, -0.1) is 0 Å². The molecule has 0 spiro atoms. The van der Waals surface area contributed by atoms with Crippen molar-refractivity contribution in [1.29, 1.82) is 0 Å². The molecule has 12 heteroatoms. The Morgan fingerprint density at radius 3 is 2.53 bits per heavy atom. The first-order valence-electron chi connectivity index (χ1n) is 11.1. The van der Waals surface area contributed by atoms with Crippen LogP contribution in [0.4, 0.5) is 24.9 Å². The zero-order valence-electron chi connectivity index (χ0n) is 18.8. The Morgan fingerprint density at radius 1 is 1.18 bits per heavy atom. The molecule has 2 aromatic heterocycles. The highest BCUT2D eigenvalue weighted by molar-refractivity contribution is 5.73. The first-order valence-corrected chi connectivity index (χ1v) is 11.1. The number of halogens is 3. The molecule has 1 amide bonds. The van der Waals surface area contributed by atoms with Crippen molar-refractivity contribution in [3.63, 3.8) is 0 Å². The number of morpholine rings is 1. The average molecular weight is 480 g/mol. The number of carbonyl (C=O) groups excluding carboxylic acids is 1. The van der Waals surface area contributed by atoms with Crippen LogP contribution in [0.5, 0.6) is 5.88 Å². The van der Waals surface area contributed by atoms with Crippen LogP contribution in [0.2, 0.25) is 0 Å². The maximum Gasteiger partial charge on any atom is 0.393 e. The van der Waals surface area contributed by atoms with Gasteiger partial charge < -0.3 is 25.0 Å². The molecule has 2 fully saturated rings. The summed E-state index contributed by atoms with van der Waals surface area (Å²) in [5.41, 5.74) is 6.15. The van der Waals surface area contributed by atoms with E-state index in [2.05, 4.69) is 15.0 Å². The Kier molecular flexibility index (Phi) is 7.05. The lowest BCUT2D eigenvalue weighted by Crippen LogP contribution is -2.41.